The van der Waals surface area contributed by atoms with Crippen molar-refractivity contribution in [3.63, 3.8) is 0 Å². The Morgan fingerprint density at radius 1 is 0.973 bits per heavy atom. The standard InChI is InChI=1S/C28H25ClN4O3S/c1-3-4-17-33-23-8-6-5-7-22(23)24-25(30-27(34)19-11-13-20(29)14-12-19)31-28(32-26(24)33)37(35,36)21-15-9-18(2)10-16-21/h5-16H,3-4,17H2,1-2H3,(H,30,31,32,34). The summed E-state index contributed by atoms with van der Waals surface area (Å²) in [6.07, 6.45) is 1.83. The molecule has 0 aliphatic rings. The molecule has 0 unspecified atom stereocenters. The SMILES string of the molecule is CCCCn1c2ccccc2c2c(NC(=O)c3ccc(Cl)cc3)nc(S(=O)(=O)c3ccc(C)cc3)nc21. The molecule has 2 heterocycles. The van der Waals surface area contributed by atoms with Gasteiger partial charge in [-0.3, -0.25) is 4.79 Å². The number of hydrogen-bond donors (Lipinski definition) is 1. The van der Waals surface area contributed by atoms with Gasteiger partial charge in [0, 0.05) is 22.5 Å². The first-order chi connectivity index (χ1) is 17.8. The average molecular weight is 533 g/mol. The van der Waals surface area contributed by atoms with Gasteiger partial charge in [-0.1, -0.05) is 60.8 Å². The van der Waals surface area contributed by atoms with Crippen LogP contribution >= 0.6 is 11.6 Å². The van der Waals surface area contributed by atoms with E-state index < -0.39 is 15.7 Å². The largest absolute Gasteiger partial charge is 0.325 e. The number of carbonyl (C=O) groups is 1. The summed E-state index contributed by atoms with van der Waals surface area (Å²) in [7, 11) is -4.05. The van der Waals surface area contributed by atoms with Crippen LogP contribution in [0, 0.1) is 6.92 Å². The summed E-state index contributed by atoms with van der Waals surface area (Å²) in [5, 5.41) is 4.41. The number of aryl methyl sites for hydroxylation is 2. The third kappa shape index (κ3) is 4.70. The van der Waals surface area contributed by atoms with Gasteiger partial charge in [0.2, 0.25) is 9.84 Å². The Balaban J connectivity index is 1.76. The maximum Gasteiger partial charge on any atom is 0.256 e. The van der Waals surface area contributed by atoms with Crippen LogP contribution in [0.2, 0.25) is 5.02 Å². The average Bonchev–Trinajstić information content (AvgIpc) is 3.21. The Bertz CT molecular complexity index is 1730. The highest BCUT2D eigenvalue weighted by atomic mass is 35.5. The Morgan fingerprint density at radius 2 is 1.68 bits per heavy atom. The van der Waals surface area contributed by atoms with Gasteiger partial charge in [0.1, 0.15) is 11.5 Å². The molecule has 0 aliphatic heterocycles. The van der Waals surface area contributed by atoms with Crippen LogP contribution in [-0.4, -0.2) is 28.9 Å². The molecule has 7 nitrogen and oxygen atoms in total. The highest BCUT2D eigenvalue weighted by Crippen LogP contribution is 2.34. The van der Waals surface area contributed by atoms with Gasteiger partial charge in [0.25, 0.3) is 11.1 Å². The van der Waals surface area contributed by atoms with E-state index in [0.29, 0.717) is 28.2 Å². The van der Waals surface area contributed by atoms with E-state index >= 15 is 0 Å². The highest BCUT2D eigenvalue weighted by molar-refractivity contribution is 7.91. The molecule has 5 rings (SSSR count). The van der Waals surface area contributed by atoms with Crippen molar-refractivity contribution in [2.24, 2.45) is 0 Å². The van der Waals surface area contributed by atoms with E-state index in [2.05, 4.69) is 22.2 Å². The number of amides is 1. The molecule has 0 fully saturated rings. The van der Waals surface area contributed by atoms with Crippen LogP contribution in [0.25, 0.3) is 21.9 Å². The molecule has 2 aromatic heterocycles. The smallest absolute Gasteiger partial charge is 0.256 e. The lowest BCUT2D eigenvalue weighted by Gasteiger charge is -2.11. The Labute approximate surface area is 220 Å². The summed E-state index contributed by atoms with van der Waals surface area (Å²) >= 11 is 5.98. The number of nitrogens with one attached hydrogen (secondary N) is 1. The van der Waals surface area contributed by atoms with Crippen LogP contribution in [0.1, 0.15) is 35.7 Å². The number of unbranched alkanes of at least 4 members (excludes halogenated alkanes) is 1. The van der Waals surface area contributed by atoms with Gasteiger partial charge >= 0.3 is 0 Å². The quantitative estimate of drug-likeness (QED) is 0.244. The van der Waals surface area contributed by atoms with E-state index in [0.717, 1.165) is 29.3 Å². The number of aromatic nitrogens is 3. The van der Waals surface area contributed by atoms with Crippen LogP contribution in [-0.2, 0) is 16.4 Å². The number of carbonyl (C=O) groups excluding carboxylic acids is 1. The van der Waals surface area contributed by atoms with Crippen molar-refractivity contribution >= 4 is 55.1 Å². The van der Waals surface area contributed by atoms with Crippen molar-refractivity contribution in [2.45, 2.75) is 43.3 Å². The van der Waals surface area contributed by atoms with Gasteiger partial charge in [-0.15, -0.1) is 0 Å². The number of sulfone groups is 1. The van der Waals surface area contributed by atoms with Crippen LogP contribution in [0.4, 0.5) is 5.82 Å². The zero-order valence-corrected chi connectivity index (χ0v) is 22.0. The van der Waals surface area contributed by atoms with Gasteiger partial charge in [-0.25, -0.2) is 8.42 Å². The minimum Gasteiger partial charge on any atom is -0.325 e. The van der Waals surface area contributed by atoms with E-state index in [1.165, 1.54) is 12.1 Å². The first-order valence-corrected chi connectivity index (χ1v) is 13.8. The molecule has 5 aromatic rings. The van der Waals surface area contributed by atoms with Crippen LogP contribution in [0.3, 0.4) is 0 Å². The first-order valence-electron chi connectivity index (χ1n) is 12.0. The second-order valence-corrected chi connectivity index (χ2v) is 11.1. The van der Waals surface area contributed by atoms with Crippen LogP contribution in [0.15, 0.2) is 82.8 Å². The van der Waals surface area contributed by atoms with Crippen LogP contribution < -0.4 is 5.32 Å². The molecule has 37 heavy (non-hydrogen) atoms. The van der Waals surface area contributed by atoms with Crippen molar-refractivity contribution in [1.29, 1.82) is 0 Å². The van der Waals surface area contributed by atoms with Crippen LogP contribution in [0.5, 0.6) is 0 Å². The van der Waals surface area contributed by atoms with Gasteiger partial charge in [-0.2, -0.15) is 9.97 Å². The minimum absolute atomic E-state index is 0.0867. The molecular weight excluding hydrogens is 508 g/mol. The molecule has 0 spiro atoms. The third-order valence-electron chi connectivity index (χ3n) is 6.23. The zero-order chi connectivity index (χ0) is 26.2. The maximum atomic E-state index is 13.6. The van der Waals surface area contributed by atoms with Crippen molar-refractivity contribution in [1.82, 2.24) is 14.5 Å². The normalized spacial score (nSPS) is 11.8. The molecular formula is C28H25ClN4O3S. The van der Waals surface area contributed by atoms with Gasteiger partial charge < -0.3 is 9.88 Å². The molecule has 3 aromatic carbocycles. The monoisotopic (exact) mass is 532 g/mol. The minimum atomic E-state index is -4.05. The summed E-state index contributed by atoms with van der Waals surface area (Å²) in [6, 6.07) is 20.7. The fraction of sp³-hybridized carbons (Fsp3) is 0.179. The molecule has 0 atom stereocenters. The Kier molecular flexibility index (Phi) is 6.70. The molecule has 188 valence electrons. The number of fused-ring (bicyclic) bond motifs is 3. The van der Waals surface area contributed by atoms with E-state index in [1.807, 2.05) is 35.8 Å². The molecule has 0 bridgehead atoms. The lowest BCUT2D eigenvalue weighted by Crippen LogP contribution is -2.16. The lowest BCUT2D eigenvalue weighted by atomic mass is 10.2. The number of rotatable bonds is 7. The van der Waals surface area contributed by atoms with E-state index in [9.17, 15) is 13.2 Å². The molecule has 0 saturated heterocycles. The highest BCUT2D eigenvalue weighted by Gasteiger charge is 2.27. The van der Waals surface area contributed by atoms with Crippen molar-refractivity contribution < 1.29 is 13.2 Å². The van der Waals surface area contributed by atoms with E-state index in [1.54, 1.807) is 36.4 Å². The third-order valence-corrected chi connectivity index (χ3v) is 8.04. The lowest BCUT2D eigenvalue weighted by molar-refractivity contribution is 0.102. The summed E-state index contributed by atoms with van der Waals surface area (Å²) in [6.45, 7) is 4.62. The predicted molar refractivity (Wildman–Crippen MR) is 146 cm³/mol. The molecule has 9 heteroatoms. The molecule has 0 radical (unpaired) electrons. The molecule has 0 saturated carbocycles. The Morgan fingerprint density at radius 3 is 2.38 bits per heavy atom. The molecule has 1 amide bonds. The summed E-state index contributed by atoms with van der Waals surface area (Å²) in [5.74, 6) is -0.289. The fourth-order valence-electron chi connectivity index (χ4n) is 4.26. The van der Waals surface area contributed by atoms with Crippen molar-refractivity contribution in [2.75, 3.05) is 5.32 Å². The summed E-state index contributed by atoms with van der Waals surface area (Å²) < 4.78 is 29.2. The Hall–Kier alpha value is -3.75. The number of anilines is 1. The topological polar surface area (TPSA) is 94.0 Å². The number of para-hydroxylation sites is 1. The predicted octanol–water partition coefficient (Wildman–Crippen LogP) is 6.43. The zero-order valence-electron chi connectivity index (χ0n) is 20.4. The van der Waals surface area contributed by atoms with Gasteiger partial charge in [0.15, 0.2) is 0 Å². The van der Waals surface area contributed by atoms with E-state index in [-0.39, 0.29) is 15.9 Å². The maximum absolute atomic E-state index is 13.6. The fourth-order valence-corrected chi connectivity index (χ4v) is 5.51. The van der Waals surface area contributed by atoms with Gasteiger partial charge in [-0.05, 0) is 55.8 Å². The summed E-state index contributed by atoms with van der Waals surface area (Å²) in [4.78, 5) is 22.3. The number of hydrogen-bond acceptors (Lipinski definition) is 5. The summed E-state index contributed by atoms with van der Waals surface area (Å²) in [5.41, 5.74) is 2.66. The molecule has 1 N–H and O–H groups in total. The second-order valence-electron chi connectivity index (χ2n) is 8.85. The molecule has 0 aliphatic carbocycles. The number of halogens is 1. The van der Waals surface area contributed by atoms with Gasteiger partial charge in [0.05, 0.1) is 15.8 Å². The number of nitrogens with zero attached hydrogens (tertiary/aromatic N) is 3. The van der Waals surface area contributed by atoms with E-state index in [4.69, 9.17) is 11.6 Å². The second kappa shape index (κ2) is 9.95. The van der Waals surface area contributed by atoms with Crippen molar-refractivity contribution in [3.8, 4) is 0 Å². The van der Waals surface area contributed by atoms with Crippen molar-refractivity contribution in [3.05, 3.63) is 88.9 Å². The number of benzene rings is 3. The first kappa shape index (κ1) is 24.9.